The molecule has 0 unspecified atom stereocenters. The Morgan fingerprint density at radius 3 is 2.55 bits per heavy atom. The fourth-order valence-electron chi connectivity index (χ4n) is 2.62. The van der Waals surface area contributed by atoms with Crippen LogP contribution in [0.5, 0.6) is 11.5 Å². The fraction of sp³-hybridized carbons (Fsp3) is 0.136. The van der Waals surface area contributed by atoms with Gasteiger partial charge >= 0.3 is 0 Å². The Morgan fingerprint density at radius 2 is 1.86 bits per heavy atom. The third-order valence-electron chi connectivity index (χ3n) is 3.98. The first-order chi connectivity index (χ1) is 14.0. The number of hydrogen-bond donors (Lipinski definition) is 1. The number of hydrogen-bond acceptors (Lipinski definition) is 3. The van der Waals surface area contributed by atoms with Crippen molar-refractivity contribution < 1.29 is 18.7 Å². The third kappa shape index (κ3) is 5.70. The highest BCUT2D eigenvalue weighted by atomic mass is 127. The van der Waals surface area contributed by atoms with Gasteiger partial charge in [-0.05, 0) is 65.4 Å². The SMILES string of the molecule is CCOc1cc(C(=O)Nc2ccc(Br)cc2F)cc(I)c1OCc1ccccc1. The second-order valence-electron chi connectivity index (χ2n) is 6.07. The summed E-state index contributed by atoms with van der Waals surface area (Å²) in [5.41, 5.74) is 1.49. The molecule has 3 aromatic carbocycles. The van der Waals surface area contributed by atoms with E-state index in [0.717, 1.165) is 9.13 Å². The molecule has 0 saturated carbocycles. The van der Waals surface area contributed by atoms with E-state index in [0.29, 0.717) is 34.7 Å². The van der Waals surface area contributed by atoms with Crippen molar-refractivity contribution in [3.63, 3.8) is 0 Å². The maximum atomic E-state index is 14.0. The molecule has 0 aliphatic carbocycles. The molecule has 0 aliphatic heterocycles. The molecule has 29 heavy (non-hydrogen) atoms. The Morgan fingerprint density at radius 1 is 1.10 bits per heavy atom. The smallest absolute Gasteiger partial charge is 0.255 e. The summed E-state index contributed by atoms with van der Waals surface area (Å²) in [6.07, 6.45) is 0. The number of anilines is 1. The molecule has 1 N–H and O–H groups in total. The van der Waals surface area contributed by atoms with Gasteiger partial charge < -0.3 is 14.8 Å². The predicted molar refractivity (Wildman–Crippen MR) is 123 cm³/mol. The summed E-state index contributed by atoms with van der Waals surface area (Å²) in [6.45, 7) is 2.66. The van der Waals surface area contributed by atoms with Crippen LogP contribution in [0, 0.1) is 9.39 Å². The number of ether oxygens (including phenoxy) is 2. The lowest BCUT2D eigenvalue weighted by atomic mass is 10.1. The van der Waals surface area contributed by atoms with E-state index in [-0.39, 0.29) is 5.69 Å². The first-order valence-electron chi connectivity index (χ1n) is 8.87. The predicted octanol–water partition coefficient (Wildman–Crippen LogP) is 6.42. The molecule has 0 aromatic heterocycles. The standard InChI is InChI=1S/C22H18BrFINO3/c1-2-28-20-11-15(22(27)26-19-9-8-16(23)12-17(19)24)10-18(25)21(20)29-13-14-6-4-3-5-7-14/h3-12H,2,13H2,1H3,(H,26,27). The maximum Gasteiger partial charge on any atom is 0.255 e. The normalized spacial score (nSPS) is 10.5. The number of carbonyl (C=O) groups is 1. The molecule has 0 heterocycles. The van der Waals surface area contributed by atoms with Crippen molar-refractivity contribution in [1.29, 1.82) is 0 Å². The molecular formula is C22H18BrFINO3. The van der Waals surface area contributed by atoms with E-state index in [1.54, 1.807) is 18.2 Å². The van der Waals surface area contributed by atoms with Crippen LogP contribution in [-0.2, 0) is 6.61 Å². The Hall–Kier alpha value is -2.13. The van der Waals surface area contributed by atoms with Gasteiger partial charge in [0.25, 0.3) is 5.91 Å². The van der Waals surface area contributed by atoms with E-state index < -0.39 is 11.7 Å². The average Bonchev–Trinajstić information content (AvgIpc) is 2.70. The van der Waals surface area contributed by atoms with Crippen LogP contribution in [0.25, 0.3) is 0 Å². The van der Waals surface area contributed by atoms with Gasteiger partial charge in [0.15, 0.2) is 11.5 Å². The zero-order valence-electron chi connectivity index (χ0n) is 15.5. The molecule has 0 saturated heterocycles. The van der Waals surface area contributed by atoms with Crippen LogP contribution in [0.1, 0.15) is 22.8 Å². The number of halogens is 3. The van der Waals surface area contributed by atoms with E-state index in [1.807, 2.05) is 37.3 Å². The van der Waals surface area contributed by atoms with Gasteiger partial charge in [-0.15, -0.1) is 0 Å². The summed E-state index contributed by atoms with van der Waals surface area (Å²) in [6, 6.07) is 17.5. The molecule has 3 rings (SSSR count). The molecule has 0 radical (unpaired) electrons. The zero-order chi connectivity index (χ0) is 20.8. The third-order valence-corrected chi connectivity index (χ3v) is 5.27. The van der Waals surface area contributed by atoms with Crippen molar-refractivity contribution in [2.75, 3.05) is 11.9 Å². The minimum absolute atomic E-state index is 0.107. The maximum absolute atomic E-state index is 14.0. The first-order valence-corrected chi connectivity index (χ1v) is 10.7. The minimum atomic E-state index is -0.518. The number of nitrogens with one attached hydrogen (secondary N) is 1. The van der Waals surface area contributed by atoms with Crippen molar-refractivity contribution in [3.8, 4) is 11.5 Å². The monoisotopic (exact) mass is 569 g/mol. The number of benzene rings is 3. The molecule has 3 aromatic rings. The molecular weight excluding hydrogens is 552 g/mol. The largest absolute Gasteiger partial charge is 0.490 e. The highest BCUT2D eigenvalue weighted by Gasteiger charge is 2.17. The molecule has 4 nitrogen and oxygen atoms in total. The van der Waals surface area contributed by atoms with Crippen molar-refractivity contribution in [2.45, 2.75) is 13.5 Å². The minimum Gasteiger partial charge on any atom is -0.490 e. The van der Waals surface area contributed by atoms with Crippen molar-refractivity contribution in [1.82, 2.24) is 0 Å². The lowest BCUT2D eigenvalue weighted by Crippen LogP contribution is -2.14. The molecule has 0 aliphatic rings. The lowest BCUT2D eigenvalue weighted by Gasteiger charge is -2.16. The summed E-state index contributed by atoms with van der Waals surface area (Å²) in [7, 11) is 0. The van der Waals surface area contributed by atoms with Gasteiger partial charge in [-0.3, -0.25) is 4.79 Å². The van der Waals surface area contributed by atoms with Gasteiger partial charge in [-0.2, -0.15) is 0 Å². The quantitative estimate of drug-likeness (QED) is 0.334. The number of rotatable bonds is 7. The topological polar surface area (TPSA) is 47.6 Å². The van der Waals surface area contributed by atoms with Gasteiger partial charge in [-0.25, -0.2) is 4.39 Å². The van der Waals surface area contributed by atoms with Gasteiger partial charge in [0.05, 0.1) is 15.9 Å². The highest BCUT2D eigenvalue weighted by molar-refractivity contribution is 14.1. The molecule has 7 heteroatoms. The Labute approximate surface area is 190 Å². The van der Waals surface area contributed by atoms with Gasteiger partial charge in [0, 0.05) is 10.0 Å². The summed E-state index contributed by atoms with van der Waals surface area (Å²) in [5.74, 6) is 0.0920. The first kappa shape index (κ1) is 21.6. The summed E-state index contributed by atoms with van der Waals surface area (Å²) >= 11 is 5.30. The Bertz CT molecular complexity index is 1010. The Kier molecular flexibility index (Phi) is 7.49. The van der Waals surface area contributed by atoms with Crippen LogP contribution >= 0.6 is 38.5 Å². The lowest BCUT2D eigenvalue weighted by molar-refractivity contribution is 0.102. The van der Waals surface area contributed by atoms with Crippen LogP contribution in [0.4, 0.5) is 10.1 Å². The molecule has 0 spiro atoms. The summed E-state index contributed by atoms with van der Waals surface area (Å²) in [4.78, 5) is 12.7. The van der Waals surface area contributed by atoms with E-state index in [4.69, 9.17) is 9.47 Å². The zero-order valence-corrected chi connectivity index (χ0v) is 19.3. The second kappa shape index (κ2) is 10.1. The molecule has 0 atom stereocenters. The summed E-state index contributed by atoms with van der Waals surface area (Å²) < 4.78 is 27.0. The summed E-state index contributed by atoms with van der Waals surface area (Å²) in [5, 5.41) is 2.59. The second-order valence-corrected chi connectivity index (χ2v) is 8.15. The number of carbonyl (C=O) groups excluding carboxylic acids is 1. The van der Waals surface area contributed by atoms with Crippen molar-refractivity contribution in [3.05, 3.63) is 85.7 Å². The van der Waals surface area contributed by atoms with Gasteiger partial charge in [-0.1, -0.05) is 46.3 Å². The molecule has 1 amide bonds. The van der Waals surface area contributed by atoms with Gasteiger partial charge in [0.2, 0.25) is 0 Å². The Balaban J connectivity index is 1.83. The molecule has 150 valence electrons. The van der Waals surface area contributed by atoms with E-state index >= 15 is 0 Å². The van der Waals surface area contributed by atoms with E-state index in [1.165, 1.54) is 12.1 Å². The van der Waals surface area contributed by atoms with Crippen LogP contribution in [0.2, 0.25) is 0 Å². The van der Waals surface area contributed by atoms with E-state index in [9.17, 15) is 9.18 Å². The van der Waals surface area contributed by atoms with Crippen molar-refractivity contribution in [2.24, 2.45) is 0 Å². The molecule has 0 bridgehead atoms. The van der Waals surface area contributed by atoms with Crippen LogP contribution in [-0.4, -0.2) is 12.5 Å². The molecule has 0 fully saturated rings. The average molecular weight is 570 g/mol. The van der Waals surface area contributed by atoms with Crippen LogP contribution in [0.15, 0.2) is 65.1 Å². The van der Waals surface area contributed by atoms with Crippen molar-refractivity contribution >= 4 is 50.1 Å². The van der Waals surface area contributed by atoms with Crippen LogP contribution < -0.4 is 14.8 Å². The number of amides is 1. The fourth-order valence-corrected chi connectivity index (χ4v) is 3.71. The van der Waals surface area contributed by atoms with Gasteiger partial charge in [0.1, 0.15) is 12.4 Å². The highest BCUT2D eigenvalue weighted by Crippen LogP contribution is 2.35. The van der Waals surface area contributed by atoms with Crippen LogP contribution in [0.3, 0.4) is 0 Å². The van der Waals surface area contributed by atoms with E-state index in [2.05, 4.69) is 43.8 Å².